The molecule has 0 unspecified atom stereocenters. The lowest BCUT2D eigenvalue weighted by atomic mass is 10.1. The van der Waals surface area contributed by atoms with E-state index in [2.05, 4.69) is 5.32 Å². The van der Waals surface area contributed by atoms with Crippen LogP contribution in [0, 0.1) is 0 Å². The molecule has 2 amide bonds. The summed E-state index contributed by atoms with van der Waals surface area (Å²) in [7, 11) is 0. The molecule has 0 aliphatic rings. The molecule has 0 bridgehead atoms. The van der Waals surface area contributed by atoms with Gasteiger partial charge < -0.3 is 25.3 Å². The molecule has 0 saturated heterocycles. The van der Waals surface area contributed by atoms with Gasteiger partial charge in [-0.1, -0.05) is 0 Å². The second kappa shape index (κ2) is 8.76. The van der Waals surface area contributed by atoms with Crippen molar-refractivity contribution in [2.24, 2.45) is 5.73 Å². The Morgan fingerprint density at radius 3 is 1.91 bits per heavy atom. The lowest BCUT2D eigenvalue weighted by molar-refractivity contribution is -0.117. The maximum Gasteiger partial charge on any atom is 0.251 e. The van der Waals surface area contributed by atoms with Crippen LogP contribution in [0.25, 0.3) is 0 Å². The second-order valence-electron chi connectivity index (χ2n) is 4.25. The van der Waals surface area contributed by atoms with Crippen molar-refractivity contribution in [1.29, 1.82) is 0 Å². The summed E-state index contributed by atoms with van der Waals surface area (Å²) in [6.07, 6.45) is 0. The molecule has 0 heterocycles. The molecule has 122 valence electrons. The van der Waals surface area contributed by atoms with Gasteiger partial charge in [0.1, 0.15) is 0 Å². The summed E-state index contributed by atoms with van der Waals surface area (Å²) in [4.78, 5) is 22.8. The molecule has 3 N–H and O–H groups in total. The van der Waals surface area contributed by atoms with Crippen LogP contribution >= 0.6 is 0 Å². The van der Waals surface area contributed by atoms with Crippen LogP contribution in [0.3, 0.4) is 0 Å². The first-order chi connectivity index (χ1) is 10.5. The predicted octanol–water partition coefficient (Wildman–Crippen LogP) is 1.10. The molecule has 0 spiro atoms. The third-order valence-corrected chi connectivity index (χ3v) is 2.59. The monoisotopic (exact) mass is 310 g/mol. The maximum atomic E-state index is 12.1. The number of carbonyl (C=O) groups excluding carboxylic acids is 2. The summed E-state index contributed by atoms with van der Waals surface area (Å²) >= 11 is 0. The van der Waals surface area contributed by atoms with Gasteiger partial charge in [0.15, 0.2) is 11.5 Å². The predicted molar refractivity (Wildman–Crippen MR) is 81.5 cm³/mol. The Labute approximate surface area is 129 Å². The second-order valence-corrected chi connectivity index (χ2v) is 4.25. The molecule has 0 radical (unpaired) electrons. The topological polar surface area (TPSA) is 99.9 Å². The Morgan fingerprint density at radius 2 is 1.50 bits per heavy atom. The van der Waals surface area contributed by atoms with Crippen molar-refractivity contribution in [3.8, 4) is 17.2 Å². The van der Waals surface area contributed by atoms with Crippen LogP contribution in [0.5, 0.6) is 17.2 Å². The van der Waals surface area contributed by atoms with E-state index >= 15 is 0 Å². The van der Waals surface area contributed by atoms with E-state index in [0.717, 1.165) is 0 Å². The van der Waals surface area contributed by atoms with E-state index < -0.39 is 11.8 Å². The van der Waals surface area contributed by atoms with Crippen molar-refractivity contribution >= 4 is 11.8 Å². The van der Waals surface area contributed by atoms with Crippen molar-refractivity contribution in [2.45, 2.75) is 20.8 Å². The molecule has 0 aliphatic heterocycles. The Balaban J connectivity index is 3.17. The summed E-state index contributed by atoms with van der Waals surface area (Å²) in [5.41, 5.74) is 5.32. The minimum Gasteiger partial charge on any atom is -0.490 e. The summed E-state index contributed by atoms with van der Waals surface area (Å²) in [5.74, 6) is 0.231. The van der Waals surface area contributed by atoms with Crippen LogP contribution in [-0.2, 0) is 4.79 Å². The maximum absolute atomic E-state index is 12.1. The largest absolute Gasteiger partial charge is 0.490 e. The molecule has 1 rings (SSSR count). The zero-order valence-electron chi connectivity index (χ0n) is 13.1. The summed E-state index contributed by atoms with van der Waals surface area (Å²) < 4.78 is 16.6. The van der Waals surface area contributed by atoms with Crippen LogP contribution < -0.4 is 25.3 Å². The highest BCUT2D eigenvalue weighted by molar-refractivity contribution is 5.97. The van der Waals surface area contributed by atoms with Crippen LogP contribution in [0.1, 0.15) is 31.1 Å². The number of hydrogen-bond acceptors (Lipinski definition) is 5. The number of hydrogen-bond donors (Lipinski definition) is 2. The highest BCUT2D eigenvalue weighted by Gasteiger charge is 2.18. The summed E-state index contributed by atoms with van der Waals surface area (Å²) in [6.45, 7) is 6.54. The molecule has 0 atom stereocenters. The zero-order chi connectivity index (χ0) is 16.5. The number of amides is 2. The lowest BCUT2D eigenvalue weighted by Gasteiger charge is -2.17. The van der Waals surface area contributed by atoms with Gasteiger partial charge in [0.25, 0.3) is 5.91 Å². The van der Waals surface area contributed by atoms with Crippen LogP contribution in [0.4, 0.5) is 0 Å². The fourth-order valence-electron chi connectivity index (χ4n) is 1.79. The average molecular weight is 310 g/mol. The van der Waals surface area contributed by atoms with E-state index in [4.69, 9.17) is 19.9 Å². The minimum absolute atomic E-state index is 0.236. The van der Waals surface area contributed by atoms with Gasteiger partial charge in [0.2, 0.25) is 11.7 Å². The molecule has 7 heteroatoms. The fourth-order valence-corrected chi connectivity index (χ4v) is 1.79. The van der Waals surface area contributed by atoms with Gasteiger partial charge in [-0.3, -0.25) is 9.59 Å². The highest BCUT2D eigenvalue weighted by atomic mass is 16.5. The van der Waals surface area contributed by atoms with Gasteiger partial charge >= 0.3 is 0 Å². The third-order valence-electron chi connectivity index (χ3n) is 2.59. The van der Waals surface area contributed by atoms with Gasteiger partial charge in [-0.25, -0.2) is 0 Å². The van der Waals surface area contributed by atoms with Gasteiger partial charge in [0.05, 0.1) is 26.4 Å². The number of carbonyl (C=O) groups is 2. The number of nitrogens with two attached hydrogens (primary N) is 1. The van der Waals surface area contributed by atoms with Crippen molar-refractivity contribution in [2.75, 3.05) is 26.4 Å². The smallest absolute Gasteiger partial charge is 0.251 e. The van der Waals surface area contributed by atoms with E-state index in [1.807, 2.05) is 20.8 Å². The van der Waals surface area contributed by atoms with Crippen LogP contribution in [0.2, 0.25) is 0 Å². The molecule has 0 fully saturated rings. The van der Waals surface area contributed by atoms with Crippen molar-refractivity contribution < 1.29 is 23.8 Å². The van der Waals surface area contributed by atoms with Crippen molar-refractivity contribution in [3.63, 3.8) is 0 Å². The molecular weight excluding hydrogens is 288 g/mol. The standard InChI is InChI=1S/C15H22N2O5/c1-4-20-11-7-10(15(19)17-9-13(16)18)8-12(21-5-2)14(11)22-6-3/h7-8H,4-6,9H2,1-3H3,(H2,16,18)(H,17,19). The number of rotatable bonds is 9. The van der Waals surface area contributed by atoms with Crippen LogP contribution in [-0.4, -0.2) is 38.2 Å². The Morgan fingerprint density at radius 1 is 1.00 bits per heavy atom. The third kappa shape index (κ3) is 4.83. The Hall–Kier alpha value is -2.44. The van der Waals surface area contributed by atoms with Gasteiger partial charge in [-0.15, -0.1) is 0 Å². The first kappa shape index (κ1) is 17.6. The number of primary amides is 1. The first-order valence-corrected chi connectivity index (χ1v) is 7.16. The van der Waals surface area contributed by atoms with E-state index in [1.165, 1.54) is 0 Å². The highest BCUT2D eigenvalue weighted by Crippen LogP contribution is 2.39. The molecule has 7 nitrogen and oxygen atoms in total. The first-order valence-electron chi connectivity index (χ1n) is 7.16. The van der Waals surface area contributed by atoms with Crippen molar-refractivity contribution in [1.82, 2.24) is 5.32 Å². The molecule has 1 aromatic rings. The Bertz CT molecular complexity index is 504. The molecule has 22 heavy (non-hydrogen) atoms. The fraction of sp³-hybridized carbons (Fsp3) is 0.467. The normalized spacial score (nSPS) is 9.95. The van der Waals surface area contributed by atoms with Crippen molar-refractivity contribution in [3.05, 3.63) is 17.7 Å². The number of nitrogens with one attached hydrogen (secondary N) is 1. The van der Waals surface area contributed by atoms with Gasteiger partial charge in [-0.05, 0) is 32.9 Å². The zero-order valence-corrected chi connectivity index (χ0v) is 13.1. The number of benzene rings is 1. The lowest BCUT2D eigenvalue weighted by Crippen LogP contribution is -2.33. The number of ether oxygens (including phenoxy) is 3. The molecular formula is C15H22N2O5. The molecule has 0 aromatic heterocycles. The quantitative estimate of drug-likeness (QED) is 0.711. The average Bonchev–Trinajstić information content (AvgIpc) is 2.48. The summed E-state index contributed by atoms with van der Waals surface area (Å²) in [6, 6.07) is 3.10. The minimum atomic E-state index is -0.616. The molecule has 1 aromatic carbocycles. The SMILES string of the molecule is CCOc1cc(C(=O)NCC(N)=O)cc(OCC)c1OCC. The Kier molecular flexibility index (Phi) is 7.01. The van der Waals surface area contributed by atoms with E-state index in [9.17, 15) is 9.59 Å². The van der Waals surface area contributed by atoms with Crippen LogP contribution in [0.15, 0.2) is 12.1 Å². The van der Waals surface area contributed by atoms with Gasteiger partial charge in [-0.2, -0.15) is 0 Å². The summed E-state index contributed by atoms with van der Waals surface area (Å²) in [5, 5.41) is 2.42. The van der Waals surface area contributed by atoms with E-state index in [1.54, 1.807) is 12.1 Å². The molecule has 0 saturated carbocycles. The van der Waals surface area contributed by atoms with Gasteiger partial charge in [0, 0.05) is 5.56 Å². The molecule has 0 aliphatic carbocycles. The van der Waals surface area contributed by atoms with E-state index in [-0.39, 0.29) is 6.54 Å². The van der Waals surface area contributed by atoms with E-state index in [0.29, 0.717) is 42.6 Å².